The Morgan fingerprint density at radius 2 is 2.14 bits per heavy atom. The van der Waals surface area contributed by atoms with Crippen molar-refractivity contribution in [1.29, 1.82) is 0 Å². The molecule has 0 N–H and O–H groups in total. The monoisotopic (exact) mass is 310 g/mol. The van der Waals surface area contributed by atoms with Crippen LogP contribution in [0.25, 0.3) is 6.08 Å². The lowest BCUT2D eigenvalue weighted by atomic mass is 10.2. The summed E-state index contributed by atoms with van der Waals surface area (Å²) in [4.78, 5) is 11.8. The lowest BCUT2D eigenvalue weighted by Gasteiger charge is -2.06. The second-order valence-electron chi connectivity index (χ2n) is 4.49. The van der Waals surface area contributed by atoms with Gasteiger partial charge in [-0.3, -0.25) is 4.68 Å². The first-order valence-corrected chi connectivity index (χ1v) is 6.64. The Kier molecular flexibility index (Phi) is 4.42. The number of aromatic nitrogens is 4. The van der Waals surface area contributed by atoms with Gasteiger partial charge in [-0.05, 0) is 19.9 Å². The molecule has 112 valence electrons. The van der Waals surface area contributed by atoms with E-state index in [2.05, 4.69) is 15.3 Å². The number of carbonyl (C=O) groups excluding carboxylic acids is 1. The average Bonchev–Trinajstić information content (AvgIpc) is 2.94. The molecule has 2 heterocycles. The molecule has 0 saturated heterocycles. The quantitative estimate of drug-likeness (QED) is 0.637. The van der Waals surface area contributed by atoms with Crippen molar-refractivity contribution >= 4 is 23.6 Å². The SMILES string of the molecule is Cc1nnc([C@H](C)OC(=O)/C=C\c2c(C)nn(C)c2Cl)o1. The molecule has 0 amide bonds. The molecule has 0 saturated carbocycles. The van der Waals surface area contributed by atoms with Crippen LogP contribution in [0.15, 0.2) is 10.5 Å². The molecule has 2 rings (SSSR count). The highest BCUT2D eigenvalue weighted by atomic mass is 35.5. The molecule has 21 heavy (non-hydrogen) atoms. The molecule has 0 aromatic carbocycles. The van der Waals surface area contributed by atoms with Crippen molar-refractivity contribution in [2.75, 3.05) is 0 Å². The van der Waals surface area contributed by atoms with E-state index in [1.54, 1.807) is 33.9 Å². The summed E-state index contributed by atoms with van der Waals surface area (Å²) in [6.45, 7) is 5.12. The van der Waals surface area contributed by atoms with Gasteiger partial charge in [0.15, 0.2) is 6.10 Å². The van der Waals surface area contributed by atoms with Crippen LogP contribution in [0.3, 0.4) is 0 Å². The van der Waals surface area contributed by atoms with Crippen molar-refractivity contribution < 1.29 is 13.9 Å². The lowest BCUT2D eigenvalue weighted by Crippen LogP contribution is -2.06. The number of halogens is 1. The van der Waals surface area contributed by atoms with E-state index in [1.165, 1.54) is 10.8 Å². The van der Waals surface area contributed by atoms with Crippen LogP contribution in [0, 0.1) is 13.8 Å². The van der Waals surface area contributed by atoms with Gasteiger partial charge in [-0.2, -0.15) is 5.10 Å². The maximum atomic E-state index is 11.8. The summed E-state index contributed by atoms with van der Waals surface area (Å²) in [5, 5.41) is 12.1. The first-order valence-electron chi connectivity index (χ1n) is 6.26. The Labute approximate surface area is 126 Å². The van der Waals surface area contributed by atoms with Crippen molar-refractivity contribution in [1.82, 2.24) is 20.0 Å². The third kappa shape index (κ3) is 3.49. The second kappa shape index (κ2) is 6.09. The predicted molar refractivity (Wildman–Crippen MR) is 75.5 cm³/mol. The Morgan fingerprint density at radius 3 is 2.67 bits per heavy atom. The highest BCUT2D eigenvalue weighted by Crippen LogP contribution is 2.20. The average molecular weight is 311 g/mol. The summed E-state index contributed by atoms with van der Waals surface area (Å²) < 4.78 is 11.9. The summed E-state index contributed by atoms with van der Waals surface area (Å²) in [7, 11) is 1.73. The van der Waals surface area contributed by atoms with Crippen LogP contribution in [0.2, 0.25) is 5.15 Å². The van der Waals surface area contributed by atoms with Gasteiger partial charge < -0.3 is 9.15 Å². The Hall–Kier alpha value is -2.15. The van der Waals surface area contributed by atoms with Crippen molar-refractivity contribution in [2.45, 2.75) is 26.9 Å². The Bertz CT molecular complexity index is 690. The largest absolute Gasteiger partial charge is 0.449 e. The van der Waals surface area contributed by atoms with Gasteiger partial charge in [0.1, 0.15) is 5.15 Å². The molecule has 0 bridgehead atoms. The van der Waals surface area contributed by atoms with Gasteiger partial charge in [-0.1, -0.05) is 11.6 Å². The topological polar surface area (TPSA) is 83.0 Å². The third-order valence-electron chi connectivity index (χ3n) is 2.76. The van der Waals surface area contributed by atoms with Crippen LogP contribution in [0.1, 0.15) is 36.1 Å². The van der Waals surface area contributed by atoms with Gasteiger partial charge in [0.2, 0.25) is 5.89 Å². The number of esters is 1. The van der Waals surface area contributed by atoms with E-state index in [9.17, 15) is 4.79 Å². The van der Waals surface area contributed by atoms with Crippen molar-refractivity contribution in [3.63, 3.8) is 0 Å². The summed E-state index contributed by atoms with van der Waals surface area (Å²) in [6.07, 6.45) is 2.24. The highest BCUT2D eigenvalue weighted by molar-refractivity contribution is 6.31. The van der Waals surface area contributed by atoms with Crippen molar-refractivity contribution in [2.24, 2.45) is 7.05 Å². The maximum Gasteiger partial charge on any atom is 0.331 e. The van der Waals surface area contributed by atoms with Gasteiger partial charge >= 0.3 is 5.97 Å². The predicted octanol–water partition coefficient (Wildman–Crippen LogP) is 2.39. The molecule has 2 aromatic heterocycles. The zero-order valence-corrected chi connectivity index (χ0v) is 12.9. The van der Waals surface area contributed by atoms with E-state index in [4.69, 9.17) is 20.8 Å². The summed E-state index contributed by atoms with van der Waals surface area (Å²) in [5.41, 5.74) is 1.41. The number of carbonyl (C=O) groups is 1. The van der Waals surface area contributed by atoms with Crippen LogP contribution >= 0.6 is 11.6 Å². The standard InChI is InChI=1S/C13H15ClN4O3/c1-7-10(12(14)18(4)17-7)5-6-11(19)20-8(2)13-16-15-9(3)21-13/h5-6,8H,1-4H3/b6-5-/t8-/m0/s1. The molecular formula is C13H15ClN4O3. The maximum absolute atomic E-state index is 11.8. The third-order valence-corrected chi connectivity index (χ3v) is 3.21. The van der Waals surface area contributed by atoms with Crippen LogP contribution < -0.4 is 0 Å². The number of ether oxygens (including phenoxy) is 1. The van der Waals surface area contributed by atoms with Crippen molar-refractivity contribution in [3.8, 4) is 0 Å². The Morgan fingerprint density at radius 1 is 1.43 bits per heavy atom. The molecular weight excluding hydrogens is 296 g/mol. The number of aryl methyl sites for hydroxylation is 3. The fourth-order valence-corrected chi connectivity index (χ4v) is 1.96. The first-order chi connectivity index (χ1) is 9.88. The van der Waals surface area contributed by atoms with Crippen LogP contribution in [0.5, 0.6) is 0 Å². The zero-order chi connectivity index (χ0) is 15.6. The Balaban J connectivity index is 2.03. The van der Waals surface area contributed by atoms with Crippen LogP contribution in [0.4, 0.5) is 0 Å². The molecule has 0 radical (unpaired) electrons. The molecule has 1 atom stereocenters. The van der Waals surface area contributed by atoms with Crippen molar-refractivity contribution in [3.05, 3.63) is 34.3 Å². The summed E-state index contributed by atoms with van der Waals surface area (Å²) in [5.74, 6) is 0.142. The molecule has 0 aliphatic rings. The summed E-state index contributed by atoms with van der Waals surface area (Å²) >= 11 is 6.07. The minimum absolute atomic E-state index is 0.254. The number of nitrogens with zero attached hydrogens (tertiary/aromatic N) is 4. The van der Waals surface area contributed by atoms with E-state index >= 15 is 0 Å². The molecule has 0 fully saturated rings. The fraction of sp³-hybridized carbons (Fsp3) is 0.385. The normalized spacial score (nSPS) is 12.8. The van der Waals surface area contributed by atoms with Gasteiger partial charge in [0.05, 0.1) is 5.69 Å². The van der Waals surface area contributed by atoms with E-state index in [0.29, 0.717) is 16.6 Å². The van der Waals surface area contributed by atoms with Gasteiger partial charge in [-0.25, -0.2) is 4.79 Å². The number of hydrogen-bond acceptors (Lipinski definition) is 6. The van der Waals surface area contributed by atoms with Gasteiger partial charge in [0, 0.05) is 25.6 Å². The summed E-state index contributed by atoms with van der Waals surface area (Å²) in [6, 6.07) is 0. The second-order valence-corrected chi connectivity index (χ2v) is 4.84. The van der Waals surface area contributed by atoms with E-state index in [-0.39, 0.29) is 5.89 Å². The minimum Gasteiger partial charge on any atom is -0.449 e. The van der Waals surface area contributed by atoms with E-state index in [1.807, 2.05) is 0 Å². The molecule has 0 aliphatic carbocycles. The van der Waals surface area contributed by atoms with Gasteiger partial charge in [-0.15, -0.1) is 10.2 Å². The number of rotatable bonds is 4. The lowest BCUT2D eigenvalue weighted by molar-refractivity contribution is -0.143. The number of hydrogen-bond donors (Lipinski definition) is 0. The highest BCUT2D eigenvalue weighted by Gasteiger charge is 2.16. The molecule has 0 unspecified atom stereocenters. The molecule has 8 heteroatoms. The van der Waals surface area contributed by atoms with E-state index in [0.717, 1.165) is 5.69 Å². The molecule has 0 aliphatic heterocycles. The molecule has 0 spiro atoms. The fourth-order valence-electron chi connectivity index (χ4n) is 1.73. The zero-order valence-electron chi connectivity index (χ0n) is 12.1. The van der Waals surface area contributed by atoms with E-state index < -0.39 is 12.1 Å². The van der Waals surface area contributed by atoms with Crippen LogP contribution in [-0.2, 0) is 16.6 Å². The minimum atomic E-state index is -0.617. The first kappa shape index (κ1) is 15.2. The smallest absolute Gasteiger partial charge is 0.331 e. The molecule has 2 aromatic rings. The van der Waals surface area contributed by atoms with Crippen LogP contribution in [-0.4, -0.2) is 25.9 Å². The van der Waals surface area contributed by atoms with Gasteiger partial charge in [0.25, 0.3) is 5.89 Å². The molecule has 7 nitrogen and oxygen atoms in total.